The summed E-state index contributed by atoms with van der Waals surface area (Å²) in [5.74, 6) is -3.26. The second kappa shape index (κ2) is 13.6. The van der Waals surface area contributed by atoms with Crippen LogP contribution < -0.4 is 0 Å². The predicted octanol–water partition coefficient (Wildman–Crippen LogP) is 0.801. The van der Waals surface area contributed by atoms with Crippen molar-refractivity contribution in [2.45, 2.75) is 83.4 Å². The Morgan fingerprint density at radius 2 is 1.33 bits per heavy atom. The van der Waals surface area contributed by atoms with Crippen LogP contribution in [0, 0.1) is 0 Å². The van der Waals surface area contributed by atoms with E-state index in [1.54, 1.807) is 6.92 Å². The van der Waals surface area contributed by atoms with Crippen molar-refractivity contribution in [2.24, 2.45) is 0 Å². The summed E-state index contributed by atoms with van der Waals surface area (Å²) in [5, 5.41) is 0. The Morgan fingerprint density at radius 3 is 1.79 bits per heavy atom. The minimum Gasteiger partial charge on any atom is -0.463 e. The molecular weight excluding hydrogens is 512 g/mol. The molecule has 0 aromatic rings. The standard InChI is InChI=1S/C20H29BrO12/c1-7-27-19(15(21)9(2)22)33-20-18(31-13(6)26)17(30-12(5)25)16(29-11(4)24)14(32-20)8-28-10(3)23/h14-20H,7-8H2,1-6H3/t14-,15-,16-,17+,18-,19+,20+/m1/s1. The van der Waals surface area contributed by atoms with E-state index in [9.17, 15) is 24.0 Å². The lowest BCUT2D eigenvalue weighted by Crippen LogP contribution is -2.63. The molecule has 33 heavy (non-hydrogen) atoms. The number of halogens is 1. The molecular formula is C20H29BrO12. The zero-order valence-electron chi connectivity index (χ0n) is 19.2. The molecule has 1 fully saturated rings. The van der Waals surface area contributed by atoms with E-state index < -0.39 is 72.3 Å². The van der Waals surface area contributed by atoms with Crippen molar-refractivity contribution in [3.8, 4) is 0 Å². The van der Waals surface area contributed by atoms with Crippen molar-refractivity contribution >= 4 is 45.6 Å². The number of ketones is 1. The molecule has 1 aliphatic rings. The van der Waals surface area contributed by atoms with E-state index in [4.69, 9.17) is 33.2 Å². The van der Waals surface area contributed by atoms with E-state index >= 15 is 0 Å². The van der Waals surface area contributed by atoms with Crippen LogP contribution in [0.3, 0.4) is 0 Å². The van der Waals surface area contributed by atoms with Crippen molar-refractivity contribution in [3.63, 3.8) is 0 Å². The molecule has 0 unspecified atom stereocenters. The summed E-state index contributed by atoms with van der Waals surface area (Å²) < 4.78 is 38.0. The van der Waals surface area contributed by atoms with Crippen molar-refractivity contribution in [1.29, 1.82) is 0 Å². The first kappa shape index (κ1) is 28.9. The fourth-order valence-electron chi connectivity index (χ4n) is 2.98. The van der Waals surface area contributed by atoms with Gasteiger partial charge in [0.25, 0.3) is 0 Å². The molecule has 1 rings (SSSR count). The third-order valence-electron chi connectivity index (χ3n) is 4.17. The van der Waals surface area contributed by atoms with Crippen LogP contribution in [-0.2, 0) is 57.1 Å². The summed E-state index contributed by atoms with van der Waals surface area (Å²) in [6, 6.07) is 0. The van der Waals surface area contributed by atoms with Crippen LogP contribution in [0.5, 0.6) is 0 Å². The number of rotatable bonds is 11. The SMILES string of the molecule is CCO[C@@H](O[C@@H]1O[C@H](COC(C)=O)[C@@H](OC(C)=O)[C@H](OC(C)=O)[C@H]1OC(C)=O)[C@H](Br)C(C)=O. The van der Waals surface area contributed by atoms with Gasteiger partial charge in [-0.25, -0.2) is 0 Å². The number of hydrogen-bond donors (Lipinski definition) is 0. The van der Waals surface area contributed by atoms with Crippen LogP contribution in [0.4, 0.5) is 0 Å². The van der Waals surface area contributed by atoms with Crippen molar-refractivity contribution in [1.82, 2.24) is 0 Å². The Labute approximate surface area is 199 Å². The van der Waals surface area contributed by atoms with Gasteiger partial charge in [-0.2, -0.15) is 0 Å². The van der Waals surface area contributed by atoms with Gasteiger partial charge >= 0.3 is 23.9 Å². The van der Waals surface area contributed by atoms with E-state index in [1.807, 2.05) is 0 Å². The molecule has 13 heteroatoms. The lowest BCUT2D eigenvalue weighted by molar-refractivity contribution is -0.338. The lowest BCUT2D eigenvalue weighted by Gasteiger charge is -2.44. The largest absolute Gasteiger partial charge is 0.463 e. The molecule has 0 aromatic carbocycles. The maximum absolute atomic E-state index is 11.9. The van der Waals surface area contributed by atoms with E-state index in [-0.39, 0.29) is 12.4 Å². The summed E-state index contributed by atoms with van der Waals surface area (Å²) in [7, 11) is 0. The fraction of sp³-hybridized carbons (Fsp3) is 0.750. The van der Waals surface area contributed by atoms with Gasteiger partial charge in [-0.1, -0.05) is 15.9 Å². The Kier molecular flexibility index (Phi) is 11.9. The third-order valence-corrected chi connectivity index (χ3v) is 5.25. The van der Waals surface area contributed by atoms with Gasteiger partial charge < -0.3 is 33.2 Å². The zero-order chi connectivity index (χ0) is 25.3. The molecule has 0 bridgehead atoms. The summed E-state index contributed by atoms with van der Waals surface area (Å²) in [4.78, 5) is 57.7. The molecule has 7 atom stereocenters. The Balaban J connectivity index is 3.43. The highest BCUT2D eigenvalue weighted by atomic mass is 79.9. The third kappa shape index (κ3) is 9.35. The van der Waals surface area contributed by atoms with E-state index in [1.165, 1.54) is 6.92 Å². The zero-order valence-corrected chi connectivity index (χ0v) is 20.8. The molecule has 0 radical (unpaired) electrons. The first-order valence-electron chi connectivity index (χ1n) is 10.1. The summed E-state index contributed by atoms with van der Waals surface area (Å²) >= 11 is 3.19. The van der Waals surface area contributed by atoms with Crippen LogP contribution in [0.15, 0.2) is 0 Å². The predicted molar refractivity (Wildman–Crippen MR) is 112 cm³/mol. The second-order valence-corrected chi connectivity index (χ2v) is 8.03. The van der Waals surface area contributed by atoms with Crippen LogP contribution in [0.25, 0.3) is 0 Å². The number of esters is 4. The first-order valence-corrected chi connectivity index (χ1v) is 11.0. The smallest absolute Gasteiger partial charge is 0.303 e. The highest BCUT2D eigenvalue weighted by molar-refractivity contribution is 9.10. The number of Topliss-reactive ketones (excluding diaryl/α,β-unsaturated/α-hetero) is 1. The first-order chi connectivity index (χ1) is 15.4. The molecule has 0 aliphatic carbocycles. The average molecular weight is 541 g/mol. The molecule has 0 N–H and O–H groups in total. The number of carbonyl (C=O) groups excluding carboxylic acids is 5. The topological polar surface area (TPSA) is 150 Å². The average Bonchev–Trinajstić information content (AvgIpc) is 2.68. The van der Waals surface area contributed by atoms with Crippen molar-refractivity contribution in [2.75, 3.05) is 13.2 Å². The lowest BCUT2D eigenvalue weighted by atomic mass is 9.98. The Morgan fingerprint density at radius 1 is 0.818 bits per heavy atom. The van der Waals surface area contributed by atoms with Crippen LogP contribution >= 0.6 is 15.9 Å². The maximum Gasteiger partial charge on any atom is 0.303 e. The highest BCUT2D eigenvalue weighted by Gasteiger charge is 2.53. The fourth-order valence-corrected chi connectivity index (χ4v) is 3.26. The maximum atomic E-state index is 11.9. The van der Waals surface area contributed by atoms with Gasteiger partial charge in [0.15, 0.2) is 24.6 Å². The van der Waals surface area contributed by atoms with Gasteiger partial charge in [0, 0.05) is 34.3 Å². The summed E-state index contributed by atoms with van der Waals surface area (Å²) in [5.41, 5.74) is 0. The molecule has 1 aliphatic heterocycles. The Hall–Kier alpha value is -2.09. The van der Waals surface area contributed by atoms with E-state index in [0.29, 0.717) is 0 Å². The van der Waals surface area contributed by atoms with Crippen LogP contribution in [0.2, 0.25) is 0 Å². The molecule has 188 valence electrons. The van der Waals surface area contributed by atoms with Crippen LogP contribution in [0.1, 0.15) is 41.5 Å². The molecule has 0 spiro atoms. The van der Waals surface area contributed by atoms with E-state index in [0.717, 1.165) is 27.7 Å². The van der Waals surface area contributed by atoms with Crippen molar-refractivity contribution in [3.05, 3.63) is 0 Å². The number of ether oxygens (including phenoxy) is 7. The minimum absolute atomic E-state index is 0.158. The van der Waals surface area contributed by atoms with Crippen molar-refractivity contribution < 1.29 is 57.1 Å². The van der Waals surface area contributed by atoms with Gasteiger partial charge in [0.2, 0.25) is 6.29 Å². The molecule has 0 saturated carbocycles. The van der Waals surface area contributed by atoms with Gasteiger partial charge in [0.05, 0.1) is 0 Å². The van der Waals surface area contributed by atoms with Crippen LogP contribution in [-0.4, -0.2) is 84.7 Å². The molecule has 0 aromatic heterocycles. The highest BCUT2D eigenvalue weighted by Crippen LogP contribution is 2.31. The number of carbonyl (C=O) groups is 5. The van der Waals surface area contributed by atoms with Gasteiger partial charge in [0.1, 0.15) is 23.3 Å². The quantitative estimate of drug-likeness (QED) is 0.158. The summed E-state index contributed by atoms with van der Waals surface area (Å²) in [6.07, 6.45) is -7.93. The number of hydrogen-bond acceptors (Lipinski definition) is 12. The summed E-state index contributed by atoms with van der Waals surface area (Å²) in [6.45, 7) is 7.23. The molecule has 0 amide bonds. The monoisotopic (exact) mass is 540 g/mol. The minimum atomic E-state index is -1.46. The van der Waals surface area contributed by atoms with Gasteiger partial charge in [-0.05, 0) is 13.8 Å². The van der Waals surface area contributed by atoms with Gasteiger partial charge in [-0.15, -0.1) is 0 Å². The number of alkyl halides is 1. The van der Waals surface area contributed by atoms with Gasteiger partial charge in [-0.3, -0.25) is 24.0 Å². The molecule has 1 saturated heterocycles. The normalized spacial score (nSPS) is 26.5. The Bertz CT molecular complexity index is 726. The van der Waals surface area contributed by atoms with E-state index in [2.05, 4.69) is 15.9 Å². The molecule has 1 heterocycles. The molecule has 12 nitrogen and oxygen atoms in total. The second-order valence-electron chi connectivity index (χ2n) is 7.04.